The Morgan fingerprint density at radius 3 is 2.63 bits per heavy atom. The molecule has 0 saturated carbocycles. The van der Waals surface area contributed by atoms with Crippen molar-refractivity contribution in [2.45, 2.75) is 10.1 Å². The Hall–Kier alpha value is -2.91. The van der Waals surface area contributed by atoms with Crippen molar-refractivity contribution in [1.29, 1.82) is 0 Å². The van der Waals surface area contributed by atoms with Crippen LogP contribution in [0.15, 0.2) is 52.9 Å². The lowest BCUT2D eigenvalue weighted by Crippen LogP contribution is -2.37. The highest BCUT2D eigenvalue weighted by molar-refractivity contribution is 8.00. The van der Waals surface area contributed by atoms with Gasteiger partial charge in [0.15, 0.2) is 10.9 Å². The molecule has 3 amide bonds. The van der Waals surface area contributed by atoms with Crippen molar-refractivity contribution in [2.75, 3.05) is 6.61 Å². The average Bonchev–Trinajstić information content (AvgIpc) is 3.07. The molecular formula is C18H15N3O4S2. The summed E-state index contributed by atoms with van der Waals surface area (Å²) in [6, 6.07) is 13.9. The van der Waals surface area contributed by atoms with Crippen LogP contribution in [0.25, 0.3) is 10.2 Å². The number of primary amides is 1. The Bertz CT molecular complexity index is 970. The van der Waals surface area contributed by atoms with E-state index in [9.17, 15) is 14.4 Å². The number of hydrogen-bond donors (Lipinski definition) is 2. The lowest BCUT2D eigenvalue weighted by atomic mass is 10.1. The molecule has 0 aliphatic rings. The summed E-state index contributed by atoms with van der Waals surface area (Å²) in [7, 11) is 0. The Morgan fingerprint density at radius 2 is 1.85 bits per heavy atom. The van der Waals surface area contributed by atoms with Crippen LogP contribution >= 0.6 is 23.1 Å². The van der Waals surface area contributed by atoms with Crippen molar-refractivity contribution < 1.29 is 19.1 Å². The number of fused-ring (bicyclic) bond motifs is 1. The maximum Gasteiger partial charge on any atom is 0.338 e. The molecule has 9 heteroatoms. The number of thioether (sulfide) groups is 1. The standard InChI is InChI=1S/C18H15N3O4S2/c19-17(24)21-15(22)9-25-16(23)12-6-2-1-5-11(12)10-26-18-20-13-7-3-4-8-14(13)27-18/h1-8H,9-10H2,(H3,19,21,22,24). The molecule has 0 aliphatic heterocycles. The van der Waals surface area contributed by atoms with Crippen molar-refractivity contribution in [3.05, 3.63) is 59.7 Å². The molecule has 0 atom stereocenters. The zero-order valence-corrected chi connectivity index (χ0v) is 15.6. The SMILES string of the molecule is NC(=O)NC(=O)COC(=O)c1ccccc1CSc1nc2ccccc2s1. The van der Waals surface area contributed by atoms with Crippen LogP contribution in [0.4, 0.5) is 4.79 Å². The van der Waals surface area contributed by atoms with E-state index in [2.05, 4.69) is 4.98 Å². The molecule has 3 aromatic rings. The third kappa shape index (κ3) is 5.05. The summed E-state index contributed by atoms with van der Waals surface area (Å²) in [4.78, 5) is 38.8. The molecule has 3 N–H and O–H groups in total. The molecule has 138 valence electrons. The maximum atomic E-state index is 12.3. The van der Waals surface area contributed by atoms with Crippen LogP contribution in [0.2, 0.25) is 0 Å². The topological polar surface area (TPSA) is 111 Å². The molecule has 2 aromatic carbocycles. The number of benzene rings is 2. The third-order valence-electron chi connectivity index (χ3n) is 3.46. The molecule has 0 bridgehead atoms. The number of ether oxygens (including phenoxy) is 1. The molecule has 1 heterocycles. The monoisotopic (exact) mass is 401 g/mol. The first-order valence-electron chi connectivity index (χ1n) is 7.85. The number of esters is 1. The number of rotatable bonds is 6. The smallest absolute Gasteiger partial charge is 0.338 e. The molecule has 3 rings (SSSR count). The fourth-order valence-corrected chi connectivity index (χ4v) is 4.35. The predicted octanol–water partition coefficient (Wildman–Crippen LogP) is 2.94. The van der Waals surface area contributed by atoms with Crippen LogP contribution in [0.5, 0.6) is 0 Å². The van der Waals surface area contributed by atoms with Crippen LogP contribution in [0.1, 0.15) is 15.9 Å². The van der Waals surface area contributed by atoms with Gasteiger partial charge >= 0.3 is 12.0 Å². The summed E-state index contributed by atoms with van der Waals surface area (Å²) < 4.78 is 6.96. The Kier molecular flexibility index (Phi) is 6.05. The van der Waals surface area contributed by atoms with Crippen LogP contribution < -0.4 is 11.1 Å². The van der Waals surface area contributed by atoms with Crippen molar-refractivity contribution in [3.8, 4) is 0 Å². The summed E-state index contributed by atoms with van der Waals surface area (Å²) in [5, 5.41) is 1.84. The largest absolute Gasteiger partial charge is 0.452 e. The highest BCUT2D eigenvalue weighted by Gasteiger charge is 2.15. The van der Waals surface area contributed by atoms with E-state index in [0.717, 1.165) is 20.1 Å². The number of nitrogens with zero attached hydrogens (tertiary/aromatic N) is 1. The third-order valence-corrected chi connectivity index (χ3v) is 5.69. The predicted molar refractivity (Wildman–Crippen MR) is 104 cm³/mol. The molecule has 0 radical (unpaired) electrons. The molecular weight excluding hydrogens is 386 g/mol. The molecule has 0 unspecified atom stereocenters. The van der Waals surface area contributed by atoms with Gasteiger partial charge in [-0.05, 0) is 23.8 Å². The normalized spacial score (nSPS) is 10.5. The van der Waals surface area contributed by atoms with Crippen LogP contribution in [0, 0.1) is 0 Å². The summed E-state index contributed by atoms with van der Waals surface area (Å²) in [6.07, 6.45) is 0. The maximum absolute atomic E-state index is 12.3. The van der Waals surface area contributed by atoms with Gasteiger partial charge in [-0.25, -0.2) is 14.6 Å². The van der Waals surface area contributed by atoms with Gasteiger partial charge in [0.1, 0.15) is 0 Å². The van der Waals surface area contributed by atoms with Crippen molar-refractivity contribution in [3.63, 3.8) is 0 Å². The Balaban J connectivity index is 1.65. The number of thiazole rings is 1. The summed E-state index contributed by atoms with van der Waals surface area (Å²) in [6.45, 7) is -0.582. The van der Waals surface area contributed by atoms with Gasteiger partial charge in [-0.2, -0.15) is 0 Å². The fourth-order valence-electron chi connectivity index (χ4n) is 2.28. The van der Waals surface area contributed by atoms with Gasteiger partial charge in [0, 0.05) is 5.75 Å². The van der Waals surface area contributed by atoms with Crippen LogP contribution in [-0.2, 0) is 15.3 Å². The highest BCUT2D eigenvalue weighted by atomic mass is 32.2. The number of carbonyl (C=O) groups excluding carboxylic acids is 3. The van der Waals surface area contributed by atoms with Crippen molar-refractivity contribution >= 4 is 51.2 Å². The van der Waals surface area contributed by atoms with Gasteiger partial charge in [0.05, 0.1) is 15.8 Å². The van der Waals surface area contributed by atoms with E-state index in [1.54, 1.807) is 23.5 Å². The first-order valence-corrected chi connectivity index (χ1v) is 9.66. The minimum Gasteiger partial charge on any atom is -0.452 e. The molecule has 0 saturated heterocycles. The van der Waals surface area contributed by atoms with Gasteiger partial charge in [-0.15, -0.1) is 11.3 Å². The quantitative estimate of drug-likeness (QED) is 0.485. The number of para-hydroxylation sites is 1. The lowest BCUT2D eigenvalue weighted by molar-refractivity contribution is -0.123. The van der Waals surface area contributed by atoms with E-state index in [1.165, 1.54) is 11.8 Å². The zero-order chi connectivity index (χ0) is 19.2. The fraction of sp³-hybridized carbons (Fsp3) is 0.111. The van der Waals surface area contributed by atoms with E-state index in [4.69, 9.17) is 10.5 Å². The minimum absolute atomic E-state index is 0.359. The Morgan fingerprint density at radius 1 is 1.11 bits per heavy atom. The molecule has 0 fully saturated rings. The second kappa shape index (κ2) is 8.65. The lowest BCUT2D eigenvalue weighted by Gasteiger charge is -2.08. The molecule has 0 aliphatic carbocycles. The number of nitrogens with one attached hydrogen (secondary N) is 1. The molecule has 7 nitrogen and oxygen atoms in total. The highest BCUT2D eigenvalue weighted by Crippen LogP contribution is 2.32. The van der Waals surface area contributed by atoms with Crippen molar-refractivity contribution in [2.24, 2.45) is 5.73 Å². The van der Waals surface area contributed by atoms with E-state index < -0.39 is 24.5 Å². The summed E-state index contributed by atoms with van der Waals surface area (Å²) in [5.41, 5.74) is 6.91. The van der Waals surface area contributed by atoms with Crippen LogP contribution in [-0.4, -0.2) is 29.5 Å². The van der Waals surface area contributed by atoms with Crippen molar-refractivity contribution in [1.82, 2.24) is 10.3 Å². The Labute approximate surface area is 162 Å². The first kappa shape index (κ1) is 18.9. The van der Waals surface area contributed by atoms with E-state index in [0.29, 0.717) is 11.3 Å². The zero-order valence-electron chi connectivity index (χ0n) is 14.0. The van der Waals surface area contributed by atoms with Crippen LogP contribution in [0.3, 0.4) is 0 Å². The number of aromatic nitrogens is 1. The number of urea groups is 1. The van der Waals surface area contributed by atoms with Gasteiger partial charge in [-0.3, -0.25) is 10.1 Å². The summed E-state index contributed by atoms with van der Waals surface area (Å²) >= 11 is 3.11. The first-order chi connectivity index (χ1) is 13.0. The number of hydrogen-bond acceptors (Lipinski definition) is 7. The van der Waals surface area contributed by atoms with Gasteiger partial charge < -0.3 is 10.5 Å². The molecule has 27 heavy (non-hydrogen) atoms. The minimum atomic E-state index is -0.997. The van der Waals surface area contributed by atoms with E-state index >= 15 is 0 Å². The van der Waals surface area contributed by atoms with Gasteiger partial charge in [0.2, 0.25) is 0 Å². The number of amides is 3. The molecule has 1 aromatic heterocycles. The van der Waals surface area contributed by atoms with Gasteiger partial charge in [-0.1, -0.05) is 42.1 Å². The molecule has 0 spiro atoms. The average molecular weight is 401 g/mol. The number of nitrogens with two attached hydrogens (primary N) is 1. The van der Waals surface area contributed by atoms with E-state index in [1.807, 2.05) is 41.7 Å². The van der Waals surface area contributed by atoms with Gasteiger partial charge in [0.25, 0.3) is 5.91 Å². The second-order valence-electron chi connectivity index (χ2n) is 5.38. The number of imide groups is 1. The summed E-state index contributed by atoms with van der Waals surface area (Å²) in [5.74, 6) is -0.897. The number of carbonyl (C=O) groups is 3. The second-order valence-corrected chi connectivity index (χ2v) is 7.63. The van der Waals surface area contributed by atoms with E-state index in [-0.39, 0.29) is 0 Å².